The Kier molecular flexibility index (Phi) is 2.48. The monoisotopic (exact) mass is 146 g/mol. The summed E-state index contributed by atoms with van der Waals surface area (Å²) in [6.07, 6.45) is 10.6. The highest BCUT2D eigenvalue weighted by molar-refractivity contribution is 5.37. The third-order valence-electron chi connectivity index (χ3n) is 1.76. The van der Waals surface area contributed by atoms with Crippen LogP contribution in [-0.2, 0) is 0 Å². The van der Waals surface area contributed by atoms with Crippen LogP contribution in [0.25, 0.3) is 0 Å². The fraction of sp³-hybridized carbons (Fsp3) is 0.273. The lowest BCUT2D eigenvalue weighted by molar-refractivity contribution is 0.929. The quantitative estimate of drug-likeness (QED) is 0.532. The molecule has 0 bridgehead atoms. The molecule has 0 saturated heterocycles. The van der Waals surface area contributed by atoms with E-state index in [-0.39, 0.29) is 0 Å². The molecule has 0 saturated carbocycles. The van der Waals surface area contributed by atoms with Crippen molar-refractivity contribution in [2.75, 3.05) is 0 Å². The number of rotatable bonds is 1. The first-order valence-electron chi connectivity index (χ1n) is 3.93. The second kappa shape index (κ2) is 3.38. The summed E-state index contributed by atoms with van der Waals surface area (Å²) in [5.74, 6) is 0.526. The van der Waals surface area contributed by atoms with Gasteiger partial charge in [-0.3, -0.25) is 0 Å². The summed E-state index contributed by atoms with van der Waals surface area (Å²) in [5, 5.41) is 0. The van der Waals surface area contributed by atoms with Crippen LogP contribution in [0.15, 0.2) is 48.1 Å². The maximum atomic E-state index is 3.74. The highest BCUT2D eigenvalue weighted by atomic mass is 14.0. The van der Waals surface area contributed by atoms with E-state index in [2.05, 4.69) is 44.7 Å². The summed E-state index contributed by atoms with van der Waals surface area (Å²) < 4.78 is 0. The van der Waals surface area contributed by atoms with Gasteiger partial charge in [0.25, 0.3) is 0 Å². The van der Waals surface area contributed by atoms with E-state index in [1.54, 1.807) is 0 Å². The summed E-state index contributed by atoms with van der Waals surface area (Å²) in [6, 6.07) is 0. The van der Waals surface area contributed by atoms with Crippen molar-refractivity contribution in [3.63, 3.8) is 0 Å². The fourth-order valence-corrected chi connectivity index (χ4v) is 1.24. The topological polar surface area (TPSA) is 0 Å². The standard InChI is InChI=1S/C11H14/c1-4-11-6-5-9(2)7-10(3)8-11/h4-8,10H,1H2,2-3H3. The van der Waals surface area contributed by atoms with Gasteiger partial charge in [0.05, 0.1) is 0 Å². The van der Waals surface area contributed by atoms with E-state index < -0.39 is 0 Å². The Balaban J connectivity index is 2.91. The molecule has 58 valence electrons. The molecule has 0 aromatic carbocycles. The number of hydrogen-bond acceptors (Lipinski definition) is 0. The first-order valence-corrected chi connectivity index (χ1v) is 3.93. The van der Waals surface area contributed by atoms with Crippen molar-refractivity contribution < 1.29 is 0 Å². The van der Waals surface area contributed by atoms with Crippen LogP contribution in [0.1, 0.15) is 13.8 Å². The highest BCUT2D eigenvalue weighted by Crippen LogP contribution is 2.14. The molecule has 0 aromatic rings. The molecule has 11 heavy (non-hydrogen) atoms. The Morgan fingerprint density at radius 3 is 2.73 bits per heavy atom. The zero-order valence-electron chi connectivity index (χ0n) is 7.17. The largest absolute Gasteiger partial charge is 0.0985 e. The zero-order valence-corrected chi connectivity index (χ0v) is 7.17. The van der Waals surface area contributed by atoms with Gasteiger partial charge < -0.3 is 0 Å². The molecular formula is C11H14. The molecular weight excluding hydrogens is 132 g/mol. The summed E-state index contributed by atoms with van der Waals surface area (Å²) in [7, 11) is 0. The summed E-state index contributed by atoms with van der Waals surface area (Å²) in [5.41, 5.74) is 2.54. The van der Waals surface area contributed by atoms with Crippen molar-refractivity contribution in [3.05, 3.63) is 48.1 Å². The van der Waals surface area contributed by atoms with Crippen molar-refractivity contribution in [1.29, 1.82) is 0 Å². The maximum Gasteiger partial charge on any atom is -0.00672 e. The minimum absolute atomic E-state index is 0.526. The van der Waals surface area contributed by atoms with Crippen LogP contribution < -0.4 is 0 Å². The predicted octanol–water partition coefficient (Wildman–Crippen LogP) is 3.25. The SMILES string of the molecule is C=CC1=CC(C)C=C(C)C=C1. The van der Waals surface area contributed by atoms with Crippen molar-refractivity contribution in [1.82, 2.24) is 0 Å². The van der Waals surface area contributed by atoms with Crippen LogP contribution in [0.2, 0.25) is 0 Å². The van der Waals surface area contributed by atoms with Gasteiger partial charge in [-0.1, -0.05) is 49.5 Å². The van der Waals surface area contributed by atoms with E-state index in [4.69, 9.17) is 0 Å². The van der Waals surface area contributed by atoms with Crippen LogP contribution in [0.3, 0.4) is 0 Å². The van der Waals surface area contributed by atoms with Gasteiger partial charge in [0, 0.05) is 0 Å². The van der Waals surface area contributed by atoms with Gasteiger partial charge in [-0.2, -0.15) is 0 Å². The molecule has 1 unspecified atom stereocenters. The van der Waals surface area contributed by atoms with Crippen LogP contribution in [0.4, 0.5) is 0 Å². The first kappa shape index (κ1) is 8.06. The maximum absolute atomic E-state index is 3.74. The van der Waals surface area contributed by atoms with E-state index >= 15 is 0 Å². The molecule has 0 spiro atoms. The average Bonchev–Trinajstić information content (AvgIpc) is 2.11. The summed E-state index contributed by atoms with van der Waals surface area (Å²) in [4.78, 5) is 0. The summed E-state index contributed by atoms with van der Waals surface area (Å²) >= 11 is 0. The molecule has 0 heteroatoms. The van der Waals surface area contributed by atoms with E-state index in [1.807, 2.05) is 6.08 Å². The molecule has 1 atom stereocenters. The zero-order chi connectivity index (χ0) is 8.27. The fourth-order valence-electron chi connectivity index (χ4n) is 1.24. The lowest BCUT2D eigenvalue weighted by atomic mass is 10.1. The molecule has 0 aromatic heterocycles. The lowest BCUT2D eigenvalue weighted by Crippen LogP contribution is -1.83. The van der Waals surface area contributed by atoms with Crippen molar-refractivity contribution in [2.24, 2.45) is 5.92 Å². The molecule has 1 rings (SSSR count). The molecule has 1 aliphatic carbocycles. The number of allylic oxidation sites excluding steroid dienone is 7. The van der Waals surface area contributed by atoms with E-state index in [1.165, 1.54) is 11.1 Å². The van der Waals surface area contributed by atoms with Crippen LogP contribution in [0, 0.1) is 5.92 Å². The first-order chi connectivity index (χ1) is 5.22. The molecule has 0 N–H and O–H groups in total. The van der Waals surface area contributed by atoms with Gasteiger partial charge in [-0.05, 0) is 18.4 Å². The second-order valence-corrected chi connectivity index (χ2v) is 2.97. The van der Waals surface area contributed by atoms with E-state index in [9.17, 15) is 0 Å². The molecule has 0 fully saturated rings. The van der Waals surface area contributed by atoms with Gasteiger partial charge in [-0.25, -0.2) is 0 Å². The van der Waals surface area contributed by atoms with E-state index in [0.717, 1.165) is 0 Å². The minimum atomic E-state index is 0.526. The molecule has 0 heterocycles. The van der Waals surface area contributed by atoms with E-state index in [0.29, 0.717) is 5.92 Å². The van der Waals surface area contributed by atoms with Crippen molar-refractivity contribution >= 4 is 0 Å². The average molecular weight is 146 g/mol. The van der Waals surface area contributed by atoms with Gasteiger partial charge in [0.15, 0.2) is 0 Å². The Morgan fingerprint density at radius 1 is 1.36 bits per heavy atom. The molecule has 0 nitrogen and oxygen atoms in total. The van der Waals surface area contributed by atoms with Gasteiger partial charge in [0.1, 0.15) is 0 Å². The highest BCUT2D eigenvalue weighted by Gasteiger charge is 1.98. The Morgan fingerprint density at radius 2 is 2.09 bits per heavy atom. The van der Waals surface area contributed by atoms with Crippen LogP contribution in [0.5, 0.6) is 0 Å². The van der Waals surface area contributed by atoms with Crippen LogP contribution >= 0.6 is 0 Å². The van der Waals surface area contributed by atoms with Gasteiger partial charge >= 0.3 is 0 Å². The Hall–Kier alpha value is -1.04. The Bertz CT molecular complexity index is 239. The predicted molar refractivity (Wildman–Crippen MR) is 50.3 cm³/mol. The smallest absolute Gasteiger partial charge is 0.00672 e. The van der Waals surface area contributed by atoms with Crippen LogP contribution in [-0.4, -0.2) is 0 Å². The normalized spacial score (nSPS) is 23.6. The Labute approximate surface area is 68.6 Å². The molecule has 0 radical (unpaired) electrons. The van der Waals surface area contributed by atoms with Crippen molar-refractivity contribution in [3.8, 4) is 0 Å². The van der Waals surface area contributed by atoms with Gasteiger partial charge in [-0.15, -0.1) is 0 Å². The molecule has 1 aliphatic rings. The minimum Gasteiger partial charge on any atom is -0.0985 e. The third-order valence-corrected chi connectivity index (χ3v) is 1.76. The molecule has 0 aliphatic heterocycles. The third kappa shape index (κ3) is 2.23. The number of hydrogen-bond donors (Lipinski definition) is 0. The van der Waals surface area contributed by atoms with Crippen molar-refractivity contribution in [2.45, 2.75) is 13.8 Å². The second-order valence-electron chi connectivity index (χ2n) is 2.97. The lowest BCUT2D eigenvalue weighted by Gasteiger charge is -1.97. The summed E-state index contributed by atoms with van der Waals surface area (Å²) in [6.45, 7) is 8.04. The molecule has 0 amide bonds. The van der Waals surface area contributed by atoms with Gasteiger partial charge in [0.2, 0.25) is 0 Å².